The first-order chi connectivity index (χ1) is 10.1. The summed E-state index contributed by atoms with van der Waals surface area (Å²) in [6.07, 6.45) is 2.14. The molecule has 0 radical (unpaired) electrons. The average Bonchev–Trinajstić information content (AvgIpc) is 2.91. The van der Waals surface area contributed by atoms with Crippen molar-refractivity contribution in [3.05, 3.63) is 68.8 Å². The summed E-state index contributed by atoms with van der Waals surface area (Å²) in [6, 6.07) is 8.15. The van der Waals surface area contributed by atoms with Gasteiger partial charge in [0.2, 0.25) is 0 Å². The number of hydrogen-bond acceptors (Lipinski definition) is 3. The molecule has 0 fully saturated rings. The molecular formula is C15H11Cl2NO3. The molecule has 1 N–H and O–H groups in total. The highest BCUT2D eigenvalue weighted by atomic mass is 35.5. The number of halogens is 2. The van der Waals surface area contributed by atoms with Crippen LogP contribution in [0.5, 0.6) is 0 Å². The van der Waals surface area contributed by atoms with Gasteiger partial charge in [0.05, 0.1) is 24.3 Å². The molecule has 3 aromatic rings. The summed E-state index contributed by atoms with van der Waals surface area (Å²) in [6.45, 7) is 0.0985. The van der Waals surface area contributed by atoms with Gasteiger partial charge in [0.1, 0.15) is 5.58 Å². The number of rotatable bonds is 3. The summed E-state index contributed by atoms with van der Waals surface area (Å²) >= 11 is 11.9. The zero-order chi connectivity index (χ0) is 15.0. The Kier molecular flexibility index (Phi) is 3.76. The third-order valence-corrected chi connectivity index (χ3v) is 3.85. The van der Waals surface area contributed by atoms with Gasteiger partial charge in [-0.15, -0.1) is 0 Å². The van der Waals surface area contributed by atoms with Gasteiger partial charge in [-0.05, 0) is 24.3 Å². The maximum absolute atomic E-state index is 12.2. The minimum absolute atomic E-state index is 0.0985. The molecule has 0 spiro atoms. The fourth-order valence-electron chi connectivity index (χ4n) is 2.21. The Morgan fingerprint density at radius 1 is 1.24 bits per heavy atom. The SMILES string of the molecule is O=c1c2ccoc2ccn1CC(O)c1ccc(Cl)cc1Cl. The number of aliphatic hydroxyl groups excluding tert-OH is 1. The molecule has 0 aliphatic rings. The molecule has 108 valence electrons. The summed E-state index contributed by atoms with van der Waals surface area (Å²) < 4.78 is 6.59. The van der Waals surface area contributed by atoms with E-state index in [4.69, 9.17) is 27.6 Å². The van der Waals surface area contributed by atoms with E-state index in [2.05, 4.69) is 0 Å². The summed E-state index contributed by atoms with van der Waals surface area (Å²) in [4.78, 5) is 12.2. The molecule has 4 nitrogen and oxygen atoms in total. The van der Waals surface area contributed by atoms with E-state index >= 15 is 0 Å². The van der Waals surface area contributed by atoms with Crippen LogP contribution in [0, 0.1) is 0 Å². The third kappa shape index (κ3) is 2.70. The van der Waals surface area contributed by atoms with Crippen LogP contribution >= 0.6 is 23.2 Å². The fraction of sp³-hybridized carbons (Fsp3) is 0.133. The molecule has 1 aromatic carbocycles. The van der Waals surface area contributed by atoms with Crippen LogP contribution in [-0.4, -0.2) is 9.67 Å². The molecule has 6 heteroatoms. The molecule has 1 unspecified atom stereocenters. The van der Waals surface area contributed by atoms with Crippen molar-refractivity contribution in [1.82, 2.24) is 4.57 Å². The van der Waals surface area contributed by atoms with Crippen molar-refractivity contribution >= 4 is 34.2 Å². The number of hydrogen-bond donors (Lipinski definition) is 1. The van der Waals surface area contributed by atoms with Gasteiger partial charge >= 0.3 is 0 Å². The van der Waals surface area contributed by atoms with E-state index in [9.17, 15) is 9.90 Å². The van der Waals surface area contributed by atoms with Crippen molar-refractivity contribution in [2.75, 3.05) is 0 Å². The molecular weight excluding hydrogens is 313 g/mol. The van der Waals surface area contributed by atoms with E-state index in [1.165, 1.54) is 10.8 Å². The number of nitrogens with zero attached hydrogens (tertiary/aromatic N) is 1. The lowest BCUT2D eigenvalue weighted by Gasteiger charge is -2.14. The van der Waals surface area contributed by atoms with Crippen LogP contribution in [0.25, 0.3) is 11.0 Å². The smallest absolute Gasteiger partial charge is 0.261 e. The molecule has 3 rings (SSSR count). The lowest BCUT2D eigenvalue weighted by molar-refractivity contribution is 0.155. The Balaban J connectivity index is 1.94. The van der Waals surface area contributed by atoms with Gasteiger partial charge in [-0.2, -0.15) is 0 Å². The number of aliphatic hydroxyl groups is 1. The minimum atomic E-state index is -0.906. The van der Waals surface area contributed by atoms with Gasteiger partial charge in [0.25, 0.3) is 5.56 Å². The zero-order valence-electron chi connectivity index (χ0n) is 10.8. The molecule has 0 amide bonds. The highest BCUT2D eigenvalue weighted by Gasteiger charge is 2.14. The zero-order valence-corrected chi connectivity index (χ0v) is 12.3. The van der Waals surface area contributed by atoms with Crippen LogP contribution in [0.15, 0.2) is 52.0 Å². The Morgan fingerprint density at radius 2 is 2.05 bits per heavy atom. The van der Waals surface area contributed by atoms with E-state index in [0.717, 1.165) is 0 Å². The second-order valence-corrected chi connectivity index (χ2v) is 5.50. The molecule has 2 aromatic heterocycles. The van der Waals surface area contributed by atoms with Crippen molar-refractivity contribution in [1.29, 1.82) is 0 Å². The molecule has 21 heavy (non-hydrogen) atoms. The third-order valence-electron chi connectivity index (χ3n) is 3.28. The lowest BCUT2D eigenvalue weighted by Crippen LogP contribution is -2.22. The predicted molar refractivity (Wildman–Crippen MR) is 81.9 cm³/mol. The Hall–Kier alpha value is -1.75. The number of aromatic nitrogens is 1. The maximum Gasteiger partial charge on any atom is 0.261 e. The standard InChI is InChI=1S/C15H11Cl2NO3/c16-9-1-2-10(12(17)7-9)13(19)8-18-5-3-14-11(15(18)20)4-6-21-14/h1-7,13,19H,8H2. The molecule has 0 bridgehead atoms. The summed E-state index contributed by atoms with van der Waals surface area (Å²) in [7, 11) is 0. The van der Waals surface area contributed by atoms with Gasteiger partial charge < -0.3 is 14.1 Å². The van der Waals surface area contributed by atoms with Gasteiger partial charge in [-0.25, -0.2) is 0 Å². The van der Waals surface area contributed by atoms with Crippen molar-refractivity contribution in [3.63, 3.8) is 0 Å². The normalized spacial score (nSPS) is 12.7. The van der Waals surface area contributed by atoms with Crippen LogP contribution < -0.4 is 5.56 Å². The van der Waals surface area contributed by atoms with Crippen molar-refractivity contribution in [2.24, 2.45) is 0 Å². The van der Waals surface area contributed by atoms with Gasteiger partial charge in [-0.3, -0.25) is 4.79 Å². The van der Waals surface area contributed by atoms with Crippen LogP contribution in [0.1, 0.15) is 11.7 Å². The first-order valence-electron chi connectivity index (χ1n) is 6.26. The molecule has 0 aliphatic heterocycles. The van der Waals surface area contributed by atoms with E-state index in [1.54, 1.807) is 36.5 Å². The Morgan fingerprint density at radius 3 is 2.81 bits per heavy atom. The van der Waals surface area contributed by atoms with Crippen molar-refractivity contribution < 1.29 is 9.52 Å². The first-order valence-corrected chi connectivity index (χ1v) is 7.01. The topological polar surface area (TPSA) is 55.4 Å². The van der Waals surface area contributed by atoms with Crippen molar-refractivity contribution in [3.8, 4) is 0 Å². The maximum atomic E-state index is 12.2. The Labute approximate surface area is 130 Å². The second-order valence-electron chi connectivity index (χ2n) is 4.65. The summed E-state index contributed by atoms with van der Waals surface area (Å²) in [5, 5.41) is 11.6. The monoisotopic (exact) mass is 323 g/mol. The van der Waals surface area contributed by atoms with Crippen LogP contribution in [0.4, 0.5) is 0 Å². The van der Waals surface area contributed by atoms with Crippen LogP contribution in [-0.2, 0) is 6.54 Å². The highest BCUT2D eigenvalue weighted by molar-refractivity contribution is 6.35. The quantitative estimate of drug-likeness (QED) is 0.800. The molecule has 2 heterocycles. The average molecular weight is 324 g/mol. The number of fused-ring (bicyclic) bond motifs is 1. The fourth-order valence-corrected chi connectivity index (χ4v) is 2.74. The van der Waals surface area contributed by atoms with E-state index in [1.807, 2.05) is 0 Å². The van der Waals surface area contributed by atoms with E-state index in [0.29, 0.717) is 26.6 Å². The van der Waals surface area contributed by atoms with E-state index < -0.39 is 6.10 Å². The first kappa shape index (κ1) is 14.2. The van der Waals surface area contributed by atoms with Crippen LogP contribution in [0.3, 0.4) is 0 Å². The Bertz CT molecular complexity index is 853. The highest BCUT2D eigenvalue weighted by Crippen LogP contribution is 2.27. The van der Waals surface area contributed by atoms with Gasteiger partial charge in [-0.1, -0.05) is 29.3 Å². The van der Waals surface area contributed by atoms with Gasteiger partial charge in [0, 0.05) is 21.8 Å². The van der Waals surface area contributed by atoms with E-state index in [-0.39, 0.29) is 12.1 Å². The molecule has 0 saturated heterocycles. The van der Waals surface area contributed by atoms with Crippen LogP contribution in [0.2, 0.25) is 10.0 Å². The lowest BCUT2D eigenvalue weighted by atomic mass is 10.1. The molecule has 1 atom stereocenters. The number of benzene rings is 1. The van der Waals surface area contributed by atoms with Crippen molar-refractivity contribution in [2.45, 2.75) is 12.6 Å². The largest absolute Gasteiger partial charge is 0.464 e. The van der Waals surface area contributed by atoms with Gasteiger partial charge in [0.15, 0.2) is 0 Å². The molecule has 0 aliphatic carbocycles. The number of furan rings is 1. The molecule has 0 saturated carbocycles. The summed E-state index contributed by atoms with van der Waals surface area (Å²) in [5.74, 6) is 0. The summed E-state index contributed by atoms with van der Waals surface area (Å²) in [5.41, 5.74) is 0.834. The predicted octanol–water partition coefficient (Wildman–Crippen LogP) is 3.63. The number of pyridine rings is 1. The minimum Gasteiger partial charge on any atom is -0.464 e. The second kappa shape index (κ2) is 5.56.